The smallest absolute Gasteiger partial charge is 0.291 e. The number of nitrogens with one attached hydrogen (secondary N) is 1. The highest BCUT2D eigenvalue weighted by atomic mass is 16.5. The third-order valence-electron chi connectivity index (χ3n) is 4.68. The lowest BCUT2D eigenvalue weighted by atomic mass is 10.2. The number of benzene rings is 2. The zero-order valence-electron chi connectivity index (χ0n) is 15.7. The Hall–Kier alpha value is -3.61. The molecule has 0 spiro atoms. The van der Waals surface area contributed by atoms with Gasteiger partial charge >= 0.3 is 0 Å². The van der Waals surface area contributed by atoms with Gasteiger partial charge in [0.1, 0.15) is 23.6 Å². The maximum absolute atomic E-state index is 12.9. The fraction of sp³-hybridized carbons (Fsp3) is 0.190. The summed E-state index contributed by atoms with van der Waals surface area (Å²) in [4.78, 5) is 25.2. The number of aromatic nitrogens is 3. The molecule has 1 amide bonds. The number of methoxy groups -OCH3 is 1. The lowest BCUT2D eigenvalue weighted by Crippen LogP contribution is -2.34. The topological polar surface area (TPSA) is 77.6 Å². The first-order chi connectivity index (χ1) is 13.6. The van der Waals surface area contributed by atoms with E-state index in [2.05, 4.69) is 10.4 Å². The number of carbonyl (C=O) groups excluding carboxylic acids is 1. The fourth-order valence-corrected chi connectivity index (χ4v) is 3.32. The van der Waals surface area contributed by atoms with Crippen LogP contribution in [-0.2, 0) is 17.9 Å². The van der Waals surface area contributed by atoms with Crippen LogP contribution in [0.1, 0.15) is 11.4 Å². The van der Waals surface area contributed by atoms with E-state index in [4.69, 9.17) is 4.74 Å². The Morgan fingerprint density at radius 2 is 1.89 bits per heavy atom. The summed E-state index contributed by atoms with van der Waals surface area (Å²) in [7, 11) is 1.60. The second-order valence-corrected chi connectivity index (χ2v) is 6.56. The van der Waals surface area contributed by atoms with Gasteiger partial charge in [0.25, 0.3) is 5.56 Å². The van der Waals surface area contributed by atoms with Crippen LogP contribution in [0, 0.1) is 6.92 Å². The van der Waals surface area contributed by atoms with Crippen LogP contribution in [0.4, 0.5) is 0 Å². The third kappa shape index (κ3) is 3.22. The van der Waals surface area contributed by atoms with Crippen molar-refractivity contribution in [2.24, 2.45) is 0 Å². The SMILES string of the molecule is COc1ccc2c(c1)cc1c(=O)n(CC(=O)NCc3ccccc3)nc(C)n12. The number of nitrogens with zero attached hydrogens (tertiary/aromatic N) is 3. The van der Waals surface area contributed by atoms with Crippen molar-refractivity contribution in [1.82, 2.24) is 19.5 Å². The Morgan fingerprint density at radius 3 is 2.64 bits per heavy atom. The molecule has 142 valence electrons. The van der Waals surface area contributed by atoms with Gasteiger partial charge in [0.15, 0.2) is 0 Å². The predicted molar refractivity (Wildman–Crippen MR) is 107 cm³/mol. The lowest BCUT2D eigenvalue weighted by molar-refractivity contribution is -0.122. The highest BCUT2D eigenvalue weighted by Crippen LogP contribution is 2.24. The Balaban J connectivity index is 1.64. The van der Waals surface area contributed by atoms with E-state index in [0.29, 0.717) is 17.9 Å². The van der Waals surface area contributed by atoms with E-state index in [1.165, 1.54) is 4.68 Å². The molecule has 0 radical (unpaired) electrons. The highest BCUT2D eigenvalue weighted by Gasteiger charge is 2.14. The minimum absolute atomic E-state index is 0.131. The summed E-state index contributed by atoms with van der Waals surface area (Å²) >= 11 is 0. The van der Waals surface area contributed by atoms with Gasteiger partial charge in [-0.05, 0) is 36.8 Å². The van der Waals surface area contributed by atoms with E-state index in [1.807, 2.05) is 55.5 Å². The van der Waals surface area contributed by atoms with Crippen molar-refractivity contribution in [1.29, 1.82) is 0 Å². The summed E-state index contributed by atoms with van der Waals surface area (Å²) in [5, 5.41) is 8.04. The molecule has 4 rings (SSSR count). The van der Waals surface area contributed by atoms with Gasteiger partial charge in [-0.1, -0.05) is 30.3 Å². The third-order valence-corrected chi connectivity index (χ3v) is 4.68. The molecule has 0 saturated carbocycles. The van der Waals surface area contributed by atoms with Crippen molar-refractivity contribution in [2.75, 3.05) is 7.11 Å². The summed E-state index contributed by atoms with van der Waals surface area (Å²) in [6.07, 6.45) is 0. The molecule has 0 aliphatic heterocycles. The number of hydrogen-bond donors (Lipinski definition) is 1. The summed E-state index contributed by atoms with van der Waals surface area (Å²) in [6.45, 7) is 2.09. The maximum Gasteiger partial charge on any atom is 0.291 e. The first kappa shape index (κ1) is 17.8. The van der Waals surface area contributed by atoms with Crippen molar-refractivity contribution >= 4 is 22.3 Å². The zero-order chi connectivity index (χ0) is 19.7. The quantitative estimate of drug-likeness (QED) is 0.580. The molecular formula is C21H20N4O3. The molecule has 0 aliphatic carbocycles. The van der Waals surface area contributed by atoms with Gasteiger partial charge in [0.05, 0.1) is 12.6 Å². The van der Waals surface area contributed by atoms with E-state index < -0.39 is 0 Å². The molecular weight excluding hydrogens is 356 g/mol. The van der Waals surface area contributed by atoms with Gasteiger partial charge in [-0.25, -0.2) is 4.68 Å². The number of ether oxygens (including phenoxy) is 1. The number of hydrogen-bond acceptors (Lipinski definition) is 4. The minimum atomic E-state index is -0.310. The average molecular weight is 376 g/mol. The molecule has 0 unspecified atom stereocenters. The molecule has 4 aromatic rings. The monoisotopic (exact) mass is 376 g/mol. The Labute approximate surface area is 161 Å². The van der Waals surface area contributed by atoms with Crippen LogP contribution in [-0.4, -0.2) is 27.2 Å². The summed E-state index contributed by atoms with van der Waals surface area (Å²) in [5.41, 5.74) is 2.04. The molecule has 7 nitrogen and oxygen atoms in total. The molecule has 2 aromatic heterocycles. The number of aryl methyl sites for hydroxylation is 1. The summed E-state index contributed by atoms with van der Waals surface area (Å²) < 4.78 is 8.27. The van der Waals surface area contributed by atoms with Crippen molar-refractivity contribution < 1.29 is 9.53 Å². The second kappa shape index (κ2) is 7.19. The number of amides is 1. The maximum atomic E-state index is 12.9. The van der Waals surface area contributed by atoms with Crippen molar-refractivity contribution in [3.8, 4) is 5.75 Å². The first-order valence-corrected chi connectivity index (χ1v) is 8.94. The van der Waals surface area contributed by atoms with Crippen LogP contribution in [0.25, 0.3) is 16.4 Å². The number of rotatable bonds is 5. The standard InChI is InChI=1S/C21H20N4O3/c1-14-23-24(13-20(26)22-12-15-6-4-3-5-7-15)21(27)19-11-16-10-17(28-2)8-9-18(16)25(14)19/h3-11H,12-13H2,1-2H3,(H,22,26). The van der Waals surface area contributed by atoms with Gasteiger partial charge in [0.2, 0.25) is 5.91 Å². The van der Waals surface area contributed by atoms with Gasteiger partial charge in [-0.15, -0.1) is 0 Å². The molecule has 0 atom stereocenters. The van der Waals surface area contributed by atoms with E-state index in [9.17, 15) is 9.59 Å². The Morgan fingerprint density at radius 1 is 1.11 bits per heavy atom. The van der Waals surface area contributed by atoms with E-state index in [-0.39, 0.29) is 18.0 Å². The van der Waals surface area contributed by atoms with E-state index >= 15 is 0 Å². The molecule has 0 aliphatic rings. The fourth-order valence-electron chi connectivity index (χ4n) is 3.32. The zero-order valence-corrected chi connectivity index (χ0v) is 15.7. The molecule has 28 heavy (non-hydrogen) atoms. The molecule has 0 bridgehead atoms. The minimum Gasteiger partial charge on any atom is -0.497 e. The lowest BCUT2D eigenvalue weighted by Gasteiger charge is -2.09. The molecule has 1 N–H and O–H groups in total. The molecule has 2 heterocycles. The van der Waals surface area contributed by atoms with E-state index in [1.54, 1.807) is 17.6 Å². The van der Waals surface area contributed by atoms with Gasteiger partial charge in [-0.3, -0.25) is 14.0 Å². The van der Waals surface area contributed by atoms with Crippen LogP contribution in [0.5, 0.6) is 5.75 Å². The average Bonchev–Trinajstić information content (AvgIpc) is 3.10. The molecule has 0 fully saturated rings. The largest absolute Gasteiger partial charge is 0.497 e. The Kier molecular flexibility index (Phi) is 4.57. The van der Waals surface area contributed by atoms with Crippen LogP contribution in [0.3, 0.4) is 0 Å². The van der Waals surface area contributed by atoms with Crippen molar-refractivity contribution in [2.45, 2.75) is 20.0 Å². The Bertz CT molecular complexity index is 1230. The van der Waals surface area contributed by atoms with Gasteiger partial charge in [-0.2, -0.15) is 5.10 Å². The van der Waals surface area contributed by atoms with Crippen LogP contribution in [0.15, 0.2) is 59.4 Å². The summed E-state index contributed by atoms with van der Waals surface area (Å²) in [5.74, 6) is 1.08. The van der Waals surface area contributed by atoms with Crippen molar-refractivity contribution in [3.05, 3.63) is 76.3 Å². The first-order valence-electron chi connectivity index (χ1n) is 8.94. The normalized spacial score (nSPS) is 11.1. The number of carbonyl (C=O) groups is 1. The highest BCUT2D eigenvalue weighted by molar-refractivity contribution is 5.88. The summed E-state index contributed by atoms with van der Waals surface area (Å²) in [6, 6.07) is 17.0. The van der Waals surface area contributed by atoms with Crippen molar-refractivity contribution in [3.63, 3.8) is 0 Å². The number of fused-ring (bicyclic) bond motifs is 3. The van der Waals surface area contributed by atoms with Crippen LogP contribution >= 0.6 is 0 Å². The molecule has 0 saturated heterocycles. The van der Waals surface area contributed by atoms with Gasteiger partial charge < -0.3 is 10.1 Å². The predicted octanol–water partition coefficient (Wildman–Crippen LogP) is 2.28. The second-order valence-electron chi connectivity index (χ2n) is 6.56. The van der Waals surface area contributed by atoms with Gasteiger partial charge in [0, 0.05) is 11.9 Å². The molecule has 7 heteroatoms. The van der Waals surface area contributed by atoms with E-state index in [0.717, 1.165) is 22.2 Å². The van der Waals surface area contributed by atoms with Crippen LogP contribution < -0.4 is 15.6 Å². The molecule has 2 aromatic carbocycles. The van der Waals surface area contributed by atoms with Crippen LogP contribution in [0.2, 0.25) is 0 Å².